The smallest absolute Gasteiger partial charge is 0.249 e. The summed E-state index contributed by atoms with van der Waals surface area (Å²) in [6, 6.07) is 5.93. The van der Waals surface area contributed by atoms with E-state index in [0.717, 1.165) is 44.6 Å². The van der Waals surface area contributed by atoms with E-state index in [0.29, 0.717) is 5.56 Å². The molecule has 1 aliphatic heterocycles. The Kier molecular flexibility index (Phi) is 4.25. The number of nitriles is 1. The number of anilines is 1. The standard InChI is InChI=1S/C16H20N4O2/c17-9-11-1-4-14(18-10-11)20-7-5-12(6-8-20)15(21)16(22)19-13-2-3-13/h1,4,10,12-13,15,21H,2-3,5-8H2,(H,19,22)/t15-/m1/s1. The monoisotopic (exact) mass is 300 g/mol. The van der Waals surface area contributed by atoms with Crippen molar-refractivity contribution in [1.82, 2.24) is 10.3 Å². The Hall–Kier alpha value is -2.13. The summed E-state index contributed by atoms with van der Waals surface area (Å²) in [6.45, 7) is 1.52. The lowest BCUT2D eigenvalue weighted by Crippen LogP contribution is -2.45. The van der Waals surface area contributed by atoms with Crippen molar-refractivity contribution in [3.63, 3.8) is 0 Å². The van der Waals surface area contributed by atoms with Crippen LogP contribution in [0.3, 0.4) is 0 Å². The van der Waals surface area contributed by atoms with Crippen LogP contribution in [0.1, 0.15) is 31.2 Å². The Morgan fingerprint density at radius 2 is 2.09 bits per heavy atom. The molecule has 0 radical (unpaired) electrons. The Bertz CT molecular complexity index is 569. The third kappa shape index (κ3) is 3.37. The van der Waals surface area contributed by atoms with E-state index in [-0.39, 0.29) is 17.9 Å². The molecule has 0 aromatic carbocycles. The molecule has 1 aromatic rings. The van der Waals surface area contributed by atoms with Gasteiger partial charge < -0.3 is 15.3 Å². The van der Waals surface area contributed by atoms with E-state index in [2.05, 4.69) is 21.3 Å². The number of aliphatic hydroxyl groups is 1. The molecule has 1 aliphatic carbocycles. The normalized spacial score (nSPS) is 20.3. The second-order valence-electron chi connectivity index (χ2n) is 6.07. The molecule has 1 aromatic heterocycles. The molecule has 6 heteroatoms. The zero-order valence-corrected chi connectivity index (χ0v) is 12.4. The van der Waals surface area contributed by atoms with Crippen LogP contribution in [0.4, 0.5) is 5.82 Å². The largest absolute Gasteiger partial charge is 0.383 e. The Balaban J connectivity index is 1.52. The number of amides is 1. The lowest BCUT2D eigenvalue weighted by Gasteiger charge is -2.34. The van der Waals surface area contributed by atoms with Crippen LogP contribution in [-0.2, 0) is 4.79 Å². The number of rotatable bonds is 4. The summed E-state index contributed by atoms with van der Waals surface area (Å²) in [5.41, 5.74) is 0.547. The molecule has 116 valence electrons. The first-order valence-electron chi connectivity index (χ1n) is 7.77. The Morgan fingerprint density at radius 1 is 1.36 bits per heavy atom. The summed E-state index contributed by atoms with van der Waals surface area (Å²) in [6.07, 6.45) is 4.25. The van der Waals surface area contributed by atoms with Crippen molar-refractivity contribution in [2.24, 2.45) is 5.92 Å². The summed E-state index contributed by atoms with van der Waals surface area (Å²) in [4.78, 5) is 18.3. The molecule has 2 N–H and O–H groups in total. The highest BCUT2D eigenvalue weighted by atomic mass is 16.3. The number of hydrogen-bond donors (Lipinski definition) is 2. The first-order chi connectivity index (χ1) is 10.7. The SMILES string of the molecule is N#Cc1ccc(N2CCC([C@@H](O)C(=O)NC3CC3)CC2)nc1. The molecule has 2 fully saturated rings. The molecular formula is C16H20N4O2. The fraction of sp³-hybridized carbons (Fsp3) is 0.562. The van der Waals surface area contributed by atoms with Crippen molar-refractivity contribution in [1.29, 1.82) is 5.26 Å². The van der Waals surface area contributed by atoms with Crippen LogP contribution in [-0.4, -0.2) is 41.2 Å². The third-order valence-electron chi connectivity index (χ3n) is 4.38. The van der Waals surface area contributed by atoms with Crippen molar-refractivity contribution in [3.8, 4) is 6.07 Å². The van der Waals surface area contributed by atoms with E-state index in [4.69, 9.17) is 5.26 Å². The van der Waals surface area contributed by atoms with Crippen LogP contribution < -0.4 is 10.2 Å². The number of nitrogens with zero attached hydrogens (tertiary/aromatic N) is 3. The summed E-state index contributed by atoms with van der Waals surface area (Å²) in [5, 5.41) is 21.8. The van der Waals surface area contributed by atoms with E-state index >= 15 is 0 Å². The molecule has 3 rings (SSSR count). The number of nitrogens with one attached hydrogen (secondary N) is 1. The van der Waals surface area contributed by atoms with Crippen molar-refractivity contribution in [3.05, 3.63) is 23.9 Å². The van der Waals surface area contributed by atoms with Gasteiger partial charge in [0.2, 0.25) is 5.91 Å². The van der Waals surface area contributed by atoms with Crippen molar-refractivity contribution < 1.29 is 9.90 Å². The van der Waals surface area contributed by atoms with Crippen molar-refractivity contribution >= 4 is 11.7 Å². The topological polar surface area (TPSA) is 89.3 Å². The molecule has 2 heterocycles. The second-order valence-corrected chi connectivity index (χ2v) is 6.07. The zero-order valence-electron chi connectivity index (χ0n) is 12.4. The van der Waals surface area contributed by atoms with Gasteiger partial charge in [0.25, 0.3) is 0 Å². The molecular weight excluding hydrogens is 280 g/mol. The second kappa shape index (κ2) is 6.32. The minimum atomic E-state index is -0.906. The van der Waals surface area contributed by atoms with Gasteiger partial charge in [-0.05, 0) is 43.7 Å². The highest BCUT2D eigenvalue weighted by Gasteiger charge is 2.33. The number of hydrogen-bond acceptors (Lipinski definition) is 5. The van der Waals surface area contributed by atoms with E-state index in [9.17, 15) is 9.90 Å². The predicted molar refractivity (Wildman–Crippen MR) is 81.1 cm³/mol. The van der Waals surface area contributed by atoms with Gasteiger partial charge in [-0.1, -0.05) is 0 Å². The van der Waals surface area contributed by atoms with Gasteiger partial charge in [0.15, 0.2) is 0 Å². The number of carbonyl (C=O) groups is 1. The lowest BCUT2D eigenvalue weighted by molar-refractivity contribution is -0.132. The lowest BCUT2D eigenvalue weighted by atomic mass is 9.90. The summed E-state index contributed by atoms with van der Waals surface area (Å²) < 4.78 is 0. The van der Waals surface area contributed by atoms with Crippen LogP contribution in [0.15, 0.2) is 18.3 Å². The Labute approximate surface area is 129 Å². The average Bonchev–Trinajstić information content (AvgIpc) is 3.38. The van der Waals surface area contributed by atoms with Crippen LogP contribution in [0.25, 0.3) is 0 Å². The van der Waals surface area contributed by atoms with Crippen molar-refractivity contribution in [2.45, 2.75) is 37.8 Å². The Morgan fingerprint density at radius 3 is 2.64 bits per heavy atom. The van der Waals surface area contributed by atoms with Gasteiger partial charge in [-0.25, -0.2) is 4.98 Å². The summed E-state index contributed by atoms with van der Waals surface area (Å²) in [7, 11) is 0. The first kappa shape index (κ1) is 14.8. The number of carbonyl (C=O) groups excluding carboxylic acids is 1. The molecule has 2 aliphatic rings. The first-order valence-corrected chi connectivity index (χ1v) is 7.77. The van der Waals surface area contributed by atoms with Gasteiger partial charge in [0.05, 0.1) is 5.56 Å². The van der Waals surface area contributed by atoms with E-state index in [1.54, 1.807) is 12.3 Å². The molecule has 1 amide bonds. The molecule has 0 bridgehead atoms. The highest BCUT2D eigenvalue weighted by Crippen LogP contribution is 2.25. The average molecular weight is 300 g/mol. The maximum Gasteiger partial charge on any atom is 0.249 e. The fourth-order valence-corrected chi connectivity index (χ4v) is 2.81. The van der Waals surface area contributed by atoms with Gasteiger partial charge in [-0.2, -0.15) is 5.26 Å². The number of piperidine rings is 1. The predicted octanol–water partition coefficient (Wildman–Crippen LogP) is 0.809. The van der Waals surface area contributed by atoms with Crippen LogP contribution >= 0.6 is 0 Å². The van der Waals surface area contributed by atoms with Gasteiger partial charge >= 0.3 is 0 Å². The fourth-order valence-electron chi connectivity index (χ4n) is 2.81. The number of aliphatic hydroxyl groups excluding tert-OH is 1. The van der Waals surface area contributed by atoms with E-state index < -0.39 is 6.10 Å². The minimum absolute atomic E-state index is 0.00776. The van der Waals surface area contributed by atoms with Crippen LogP contribution in [0.5, 0.6) is 0 Å². The molecule has 22 heavy (non-hydrogen) atoms. The van der Waals surface area contributed by atoms with E-state index in [1.807, 2.05) is 6.07 Å². The number of pyridine rings is 1. The highest BCUT2D eigenvalue weighted by molar-refractivity contribution is 5.81. The molecule has 0 spiro atoms. The summed E-state index contributed by atoms with van der Waals surface area (Å²) >= 11 is 0. The maximum atomic E-state index is 11.9. The van der Waals surface area contributed by atoms with Gasteiger partial charge in [-0.15, -0.1) is 0 Å². The molecule has 6 nitrogen and oxygen atoms in total. The maximum absolute atomic E-state index is 11.9. The summed E-state index contributed by atoms with van der Waals surface area (Å²) in [5.74, 6) is 0.625. The minimum Gasteiger partial charge on any atom is -0.383 e. The van der Waals surface area contributed by atoms with Gasteiger partial charge in [0, 0.05) is 25.3 Å². The zero-order chi connectivity index (χ0) is 15.5. The van der Waals surface area contributed by atoms with Crippen LogP contribution in [0, 0.1) is 17.2 Å². The molecule has 0 unspecified atom stereocenters. The van der Waals surface area contributed by atoms with E-state index in [1.165, 1.54) is 0 Å². The quantitative estimate of drug-likeness (QED) is 0.859. The molecule has 1 atom stereocenters. The van der Waals surface area contributed by atoms with Gasteiger partial charge in [-0.3, -0.25) is 4.79 Å². The van der Waals surface area contributed by atoms with Crippen LogP contribution in [0.2, 0.25) is 0 Å². The third-order valence-corrected chi connectivity index (χ3v) is 4.38. The molecule has 1 saturated carbocycles. The van der Waals surface area contributed by atoms with Gasteiger partial charge in [0.1, 0.15) is 18.0 Å². The van der Waals surface area contributed by atoms with Crippen molar-refractivity contribution in [2.75, 3.05) is 18.0 Å². The number of aromatic nitrogens is 1. The molecule has 1 saturated heterocycles.